The fourth-order valence-corrected chi connectivity index (χ4v) is 3.08. The molecule has 0 heterocycles. The summed E-state index contributed by atoms with van der Waals surface area (Å²) in [7, 11) is -0.259. The van der Waals surface area contributed by atoms with Gasteiger partial charge in [0.15, 0.2) is 0 Å². The standard InChI is InChI=1S/C12H20N2O3S/c1-12(2,9-17-4)14-18(15,16)11-7-5-6-10(8-11)13-3/h5-8,13-14H,9H2,1-4H3. The molecular weight excluding hydrogens is 252 g/mol. The number of methoxy groups -OCH3 is 1. The van der Waals surface area contributed by atoms with Crippen LogP contribution in [-0.4, -0.2) is 34.7 Å². The van der Waals surface area contributed by atoms with Crippen LogP contribution in [0.4, 0.5) is 5.69 Å². The van der Waals surface area contributed by atoms with Crippen LogP contribution in [0, 0.1) is 0 Å². The van der Waals surface area contributed by atoms with Crippen molar-refractivity contribution in [1.82, 2.24) is 4.72 Å². The normalized spacial score (nSPS) is 12.4. The van der Waals surface area contributed by atoms with E-state index in [-0.39, 0.29) is 4.90 Å². The summed E-state index contributed by atoms with van der Waals surface area (Å²) in [4.78, 5) is 0.235. The van der Waals surface area contributed by atoms with Crippen LogP contribution < -0.4 is 10.0 Å². The summed E-state index contributed by atoms with van der Waals surface area (Å²) in [5, 5.41) is 2.91. The van der Waals surface area contributed by atoms with Crippen LogP contribution in [0.2, 0.25) is 0 Å². The van der Waals surface area contributed by atoms with E-state index in [4.69, 9.17) is 4.74 Å². The molecule has 0 fully saturated rings. The number of sulfonamides is 1. The third-order valence-corrected chi connectivity index (χ3v) is 4.04. The Kier molecular flexibility index (Phi) is 4.72. The zero-order valence-electron chi connectivity index (χ0n) is 11.1. The lowest BCUT2D eigenvalue weighted by Gasteiger charge is -2.25. The lowest BCUT2D eigenvalue weighted by atomic mass is 10.1. The summed E-state index contributed by atoms with van der Waals surface area (Å²) >= 11 is 0. The van der Waals surface area contributed by atoms with Crippen molar-refractivity contribution in [2.45, 2.75) is 24.3 Å². The Hall–Kier alpha value is -1.11. The summed E-state index contributed by atoms with van der Waals surface area (Å²) in [6.45, 7) is 3.85. The minimum absolute atomic E-state index is 0.235. The molecule has 1 rings (SSSR count). The number of nitrogens with one attached hydrogen (secondary N) is 2. The number of hydrogen-bond donors (Lipinski definition) is 2. The summed E-state index contributed by atoms with van der Waals surface area (Å²) in [6.07, 6.45) is 0. The van der Waals surface area contributed by atoms with Crippen molar-refractivity contribution in [3.8, 4) is 0 Å². The summed E-state index contributed by atoms with van der Waals surface area (Å²) in [5.41, 5.74) is 0.103. The molecule has 18 heavy (non-hydrogen) atoms. The van der Waals surface area contributed by atoms with E-state index >= 15 is 0 Å². The fraction of sp³-hybridized carbons (Fsp3) is 0.500. The molecule has 5 nitrogen and oxygen atoms in total. The molecule has 2 N–H and O–H groups in total. The predicted molar refractivity (Wildman–Crippen MR) is 72.3 cm³/mol. The summed E-state index contributed by atoms with van der Waals surface area (Å²) in [6, 6.07) is 6.65. The van der Waals surface area contributed by atoms with Gasteiger partial charge in [0.2, 0.25) is 10.0 Å². The van der Waals surface area contributed by atoms with Gasteiger partial charge in [-0.2, -0.15) is 0 Å². The average molecular weight is 272 g/mol. The van der Waals surface area contributed by atoms with Crippen molar-refractivity contribution in [2.75, 3.05) is 26.1 Å². The molecule has 0 amide bonds. The van der Waals surface area contributed by atoms with Crippen molar-refractivity contribution in [3.63, 3.8) is 0 Å². The Bertz CT molecular complexity index is 498. The molecule has 1 aromatic carbocycles. The van der Waals surface area contributed by atoms with Crippen molar-refractivity contribution in [2.24, 2.45) is 0 Å². The highest BCUT2D eigenvalue weighted by molar-refractivity contribution is 7.89. The molecule has 0 saturated carbocycles. The highest BCUT2D eigenvalue weighted by Crippen LogP contribution is 2.17. The van der Waals surface area contributed by atoms with Gasteiger partial charge in [0, 0.05) is 19.8 Å². The SMILES string of the molecule is CNc1cccc(S(=O)(=O)NC(C)(C)COC)c1. The molecule has 0 unspecified atom stereocenters. The molecular formula is C12H20N2O3S. The first-order valence-electron chi connectivity index (χ1n) is 5.61. The first kappa shape index (κ1) is 14.9. The highest BCUT2D eigenvalue weighted by atomic mass is 32.2. The average Bonchev–Trinajstić information content (AvgIpc) is 2.27. The number of benzene rings is 1. The Morgan fingerprint density at radius 1 is 1.33 bits per heavy atom. The fourth-order valence-electron chi connectivity index (χ4n) is 1.63. The number of ether oxygens (including phenoxy) is 1. The largest absolute Gasteiger partial charge is 0.388 e. The maximum atomic E-state index is 12.2. The minimum atomic E-state index is -3.54. The van der Waals surface area contributed by atoms with Crippen LogP contribution in [-0.2, 0) is 14.8 Å². The van der Waals surface area contributed by atoms with Crippen LogP contribution in [0.1, 0.15) is 13.8 Å². The van der Waals surface area contributed by atoms with E-state index in [9.17, 15) is 8.42 Å². The van der Waals surface area contributed by atoms with Gasteiger partial charge in [-0.3, -0.25) is 0 Å². The molecule has 0 aliphatic heterocycles. The Morgan fingerprint density at radius 3 is 2.56 bits per heavy atom. The Labute approximate surface area is 109 Å². The number of hydrogen-bond acceptors (Lipinski definition) is 4. The van der Waals surface area contributed by atoms with Gasteiger partial charge in [-0.15, -0.1) is 0 Å². The quantitative estimate of drug-likeness (QED) is 0.822. The van der Waals surface area contributed by atoms with E-state index in [1.165, 1.54) is 7.11 Å². The van der Waals surface area contributed by atoms with Gasteiger partial charge in [0.05, 0.1) is 17.0 Å². The number of anilines is 1. The van der Waals surface area contributed by atoms with E-state index < -0.39 is 15.6 Å². The van der Waals surface area contributed by atoms with Crippen LogP contribution in [0.5, 0.6) is 0 Å². The summed E-state index contributed by atoms with van der Waals surface area (Å²) in [5.74, 6) is 0. The molecule has 6 heteroatoms. The van der Waals surface area contributed by atoms with Gasteiger partial charge in [-0.1, -0.05) is 6.07 Å². The van der Waals surface area contributed by atoms with Crippen molar-refractivity contribution in [3.05, 3.63) is 24.3 Å². The smallest absolute Gasteiger partial charge is 0.241 e. The molecule has 0 aromatic heterocycles. The van der Waals surface area contributed by atoms with E-state index in [0.717, 1.165) is 5.69 Å². The van der Waals surface area contributed by atoms with E-state index in [0.29, 0.717) is 6.61 Å². The third-order valence-electron chi connectivity index (χ3n) is 2.35. The summed E-state index contributed by atoms with van der Waals surface area (Å²) < 4.78 is 32.0. The maximum Gasteiger partial charge on any atom is 0.241 e. The van der Waals surface area contributed by atoms with Crippen molar-refractivity contribution < 1.29 is 13.2 Å². The van der Waals surface area contributed by atoms with Gasteiger partial charge in [0.1, 0.15) is 0 Å². The molecule has 0 aliphatic rings. The Balaban J connectivity index is 2.99. The zero-order chi connectivity index (χ0) is 13.8. The number of rotatable bonds is 6. The molecule has 0 aliphatic carbocycles. The first-order valence-corrected chi connectivity index (χ1v) is 7.10. The predicted octanol–water partition coefficient (Wildman–Crippen LogP) is 1.43. The lowest BCUT2D eigenvalue weighted by molar-refractivity contribution is 0.141. The topological polar surface area (TPSA) is 67.4 Å². The second-order valence-corrected chi connectivity index (χ2v) is 6.38. The van der Waals surface area contributed by atoms with Crippen LogP contribution >= 0.6 is 0 Å². The van der Waals surface area contributed by atoms with Crippen LogP contribution in [0.25, 0.3) is 0 Å². The van der Waals surface area contributed by atoms with Crippen LogP contribution in [0.3, 0.4) is 0 Å². The van der Waals surface area contributed by atoms with Crippen LogP contribution in [0.15, 0.2) is 29.2 Å². The first-order chi connectivity index (χ1) is 8.30. The molecule has 0 saturated heterocycles. The van der Waals surface area contributed by atoms with Gasteiger partial charge >= 0.3 is 0 Å². The van der Waals surface area contributed by atoms with Crippen molar-refractivity contribution in [1.29, 1.82) is 0 Å². The monoisotopic (exact) mass is 272 g/mol. The molecule has 0 bridgehead atoms. The van der Waals surface area contributed by atoms with E-state index in [2.05, 4.69) is 10.0 Å². The maximum absolute atomic E-state index is 12.2. The zero-order valence-corrected chi connectivity index (χ0v) is 12.0. The molecule has 102 valence electrons. The van der Waals surface area contributed by atoms with Gasteiger partial charge in [-0.25, -0.2) is 13.1 Å². The van der Waals surface area contributed by atoms with Gasteiger partial charge in [0.25, 0.3) is 0 Å². The van der Waals surface area contributed by atoms with E-state index in [1.807, 2.05) is 0 Å². The van der Waals surface area contributed by atoms with Gasteiger partial charge in [-0.05, 0) is 32.0 Å². The second-order valence-electron chi connectivity index (χ2n) is 4.70. The molecule has 0 atom stereocenters. The lowest BCUT2D eigenvalue weighted by Crippen LogP contribution is -2.46. The Morgan fingerprint density at radius 2 is 2.00 bits per heavy atom. The highest BCUT2D eigenvalue weighted by Gasteiger charge is 2.26. The second kappa shape index (κ2) is 5.69. The van der Waals surface area contributed by atoms with Crippen molar-refractivity contribution >= 4 is 15.7 Å². The molecule has 1 aromatic rings. The van der Waals surface area contributed by atoms with Gasteiger partial charge < -0.3 is 10.1 Å². The third kappa shape index (κ3) is 3.97. The minimum Gasteiger partial charge on any atom is -0.388 e. The molecule has 0 spiro atoms. The van der Waals surface area contributed by atoms with E-state index in [1.54, 1.807) is 45.2 Å². The molecule has 0 radical (unpaired) electrons.